The number of rotatable bonds is 5. The predicted molar refractivity (Wildman–Crippen MR) is 95.6 cm³/mol. The molecular weight excluding hydrogens is 355 g/mol. The molecule has 1 N–H and O–H groups in total. The minimum atomic E-state index is -0.575. The van der Waals surface area contributed by atoms with Gasteiger partial charge in [-0.15, -0.1) is 0 Å². The van der Waals surface area contributed by atoms with E-state index in [1.807, 2.05) is 0 Å². The number of amides is 1. The molecule has 2 aromatic carbocycles. The third-order valence-corrected chi connectivity index (χ3v) is 4.06. The van der Waals surface area contributed by atoms with Crippen LogP contribution >= 0.6 is 0 Å². The summed E-state index contributed by atoms with van der Waals surface area (Å²) in [4.78, 5) is 38.7. The van der Waals surface area contributed by atoms with E-state index in [0.29, 0.717) is 11.1 Å². The molecule has 27 heavy (non-hydrogen) atoms. The van der Waals surface area contributed by atoms with Gasteiger partial charge >= 0.3 is 0 Å². The Labute approximate surface area is 152 Å². The van der Waals surface area contributed by atoms with Crippen LogP contribution in [0.2, 0.25) is 0 Å². The van der Waals surface area contributed by atoms with E-state index in [-0.39, 0.29) is 35.5 Å². The number of hydrogen-bond acceptors (Lipinski definition) is 5. The van der Waals surface area contributed by atoms with Crippen LogP contribution in [0.4, 0.5) is 10.1 Å². The molecule has 8 nitrogen and oxygen atoms in total. The normalized spacial score (nSPS) is 10.7. The Morgan fingerprint density at radius 3 is 2.78 bits per heavy atom. The third-order valence-electron chi connectivity index (χ3n) is 4.06. The van der Waals surface area contributed by atoms with Gasteiger partial charge in [-0.2, -0.15) is 0 Å². The smallest absolute Gasteiger partial charge is 0.271 e. The van der Waals surface area contributed by atoms with Crippen LogP contribution in [-0.2, 0) is 17.9 Å². The molecule has 1 aromatic heterocycles. The highest BCUT2D eigenvalue weighted by Crippen LogP contribution is 2.16. The van der Waals surface area contributed by atoms with Gasteiger partial charge in [0.1, 0.15) is 12.4 Å². The Hall–Kier alpha value is -3.62. The summed E-state index contributed by atoms with van der Waals surface area (Å²) < 4.78 is 14.6. The Morgan fingerprint density at radius 2 is 2.07 bits per heavy atom. The van der Waals surface area contributed by atoms with Crippen LogP contribution in [0.1, 0.15) is 11.1 Å². The highest BCUT2D eigenvalue weighted by Gasteiger charge is 2.12. The zero-order chi connectivity index (χ0) is 19.6. The lowest BCUT2D eigenvalue weighted by molar-refractivity contribution is -0.384. The molecule has 0 aliphatic rings. The lowest BCUT2D eigenvalue weighted by Gasteiger charge is -2.08. The number of fused-ring (bicyclic) bond motifs is 1. The van der Waals surface area contributed by atoms with Gasteiger partial charge in [-0.3, -0.25) is 24.3 Å². The summed E-state index contributed by atoms with van der Waals surface area (Å²) in [5, 5.41) is 13.6. The molecule has 0 saturated carbocycles. The molecule has 138 valence electrons. The van der Waals surface area contributed by atoms with Crippen LogP contribution in [0.25, 0.3) is 10.9 Å². The largest absolute Gasteiger partial charge is 0.350 e. The number of aryl methyl sites for hydroxylation is 1. The quantitative estimate of drug-likeness (QED) is 0.546. The molecule has 3 aromatic rings. The summed E-state index contributed by atoms with van der Waals surface area (Å²) in [6, 6.07) is 8.39. The van der Waals surface area contributed by atoms with Crippen molar-refractivity contribution < 1.29 is 14.1 Å². The number of halogens is 1. The monoisotopic (exact) mass is 370 g/mol. The van der Waals surface area contributed by atoms with Gasteiger partial charge in [0.25, 0.3) is 11.2 Å². The molecule has 1 heterocycles. The van der Waals surface area contributed by atoms with Crippen molar-refractivity contribution in [1.82, 2.24) is 14.9 Å². The Balaban J connectivity index is 1.73. The number of nitro groups is 1. The average Bonchev–Trinajstić information content (AvgIpc) is 2.64. The number of benzene rings is 2. The molecule has 1 amide bonds. The van der Waals surface area contributed by atoms with Gasteiger partial charge in [-0.25, -0.2) is 9.37 Å². The molecule has 0 bridgehead atoms. The second-order valence-electron chi connectivity index (χ2n) is 6.00. The van der Waals surface area contributed by atoms with E-state index in [1.165, 1.54) is 30.6 Å². The van der Waals surface area contributed by atoms with Crippen LogP contribution < -0.4 is 10.9 Å². The summed E-state index contributed by atoms with van der Waals surface area (Å²) in [5.41, 5.74) is 0.643. The minimum absolute atomic E-state index is 0.123. The summed E-state index contributed by atoms with van der Waals surface area (Å²) in [6.45, 7) is 1.50. The first-order valence-electron chi connectivity index (χ1n) is 8.00. The number of nitrogens with one attached hydrogen (secondary N) is 1. The molecule has 0 aliphatic heterocycles. The summed E-state index contributed by atoms with van der Waals surface area (Å²) in [7, 11) is 0. The SMILES string of the molecule is Cc1ccc(CNC(=O)Cn2cnc3cc([N+](=O)[O-])ccc3c2=O)cc1F. The zero-order valence-corrected chi connectivity index (χ0v) is 14.3. The summed E-state index contributed by atoms with van der Waals surface area (Å²) >= 11 is 0. The standard InChI is InChI=1S/C18H15FN4O4/c1-11-2-3-12(6-15(11)19)8-20-17(24)9-22-10-21-16-7-13(23(26)27)4-5-14(16)18(22)25/h2-7,10H,8-9H2,1H3,(H,20,24). The molecule has 0 unspecified atom stereocenters. The maximum Gasteiger partial charge on any atom is 0.271 e. The van der Waals surface area contributed by atoms with Crippen molar-refractivity contribution >= 4 is 22.5 Å². The van der Waals surface area contributed by atoms with E-state index in [0.717, 1.165) is 4.57 Å². The summed E-state index contributed by atoms with van der Waals surface area (Å²) in [5.74, 6) is -0.799. The fraction of sp³-hybridized carbons (Fsp3) is 0.167. The predicted octanol–water partition coefficient (Wildman–Crippen LogP) is 2.07. The van der Waals surface area contributed by atoms with Crippen molar-refractivity contribution in [3.8, 4) is 0 Å². The Morgan fingerprint density at radius 1 is 1.30 bits per heavy atom. The molecule has 0 spiro atoms. The van der Waals surface area contributed by atoms with Crippen LogP contribution in [-0.4, -0.2) is 20.4 Å². The van der Waals surface area contributed by atoms with E-state index in [4.69, 9.17) is 0 Å². The molecule has 0 atom stereocenters. The topological polar surface area (TPSA) is 107 Å². The Kier molecular flexibility index (Phi) is 4.93. The molecular formula is C18H15FN4O4. The number of hydrogen-bond donors (Lipinski definition) is 1. The van der Waals surface area contributed by atoms with Gasteiger partial charge in [0.15, 0.2) is 0 Å². The Bertz CT molecular complexity index is 1110. The first-order chi connectivity index (χ1) is 12.8. The van der Waals surface area contributed by atoms with E-state index >= 15 is 0 Å². The molecule has 3 rings (SSSR count). The van der Waals surface area contributed by atoms with Gasteiger partial charge in [-0.1, -0.05) is 12.1 Å². The number of carbonyl (C=O) groups is 1. The van der Waals surface area contributed by atoms with Crippen LogP contribution in [0.5, 0.6) is 0 Å². The van der Waals surface area contributed by atoms with Gasteiger partial charge in [-0.05, 0) is 30.2 Å². The number of non-ortho nitro benzene ring substituents is 1. The lowest BCUT2D eigenvalue weighted by Crippen LogP contribution is -2.32. The van der Waals surface area contributed by atoms with Crippen molar-refractivity contribution in [3.63, 3.8) is 0 Å². The number of nitro benzene ring substituents is 1. The van der Waals surface area contributed by atoms with Gasteiger partial charge in [0, 0.05) is 18.7 Å². The number of nitrogens with zero attached hydrogens (tertiary/aromatic N) is 3. The average molecular weight is 370 g/mol. The van der Waals surface area contributed by atoms with Crippen molar-refractivity contribution in [1.29, 1.82) is 0 Å². The van der Waals surface area contributed by atoms with Crippen molar-refractivity contribution in [2.75, 3.05) is 0 Å². The van der Waals surface area contributed by atoms with Crippen molar-refractivity contribution in [2.24, 2.45) is 0 Å². The fourth-order valence-electron chi connectivity index (χ4n) is 2.53. The molecule has 0 fully saturated rings. The first-order valence-corrected chi connectivity index (χ1v) is 8.00. The molecule has 0 saturated heterocycles. The third kappa shape index (κ3) is 3.97. The zero-order valence-electron chi connectivity index (χ0n) is 14.3. The van der Waals surface area contributed by atoms with E-state index in [1.54, 1.807) is 19.1 Å². The summed E-state index contributed by atoms with van der Waals surface area (Å²) in [6.07, 6.45) is 1.17. The lowest BCUT2D eigenvalue weighted by atomic mass is 10.1. The van der Waals surface area contributed by atoms with E-state index in [9.17, 15) is 24.1 Å². The van der Waals surface area contributed by atoms with Crippen LogP contribution in [0, 0.1) is 22.9 Å². The second-order valence-corrected chi connectivity index (χ2v) is 6.00. The molecule has 0 radical (unpaired) electrons. The first kappa shape index (κ1) is 18.2. The van der Waals surface area contributed by atoms with Gasteiger partial charge < -0.3 is 5.32 Å². The van der Waals surface area contributed by atoms with Crippen molar-refractivity contribution in [3.05, 3.63) is 80.1 Å². The van der Waals surface area contributed by atoms with Crippen molar-refractivity contribution in [2.45, 2.75) is 20.0 Å². The maximum atomic E-state index is 13.5. The van der Waals surface area contributed by atoms with Gasteiger partial charge in [0.2, 0.25) is 5.91 Å². The van der Waals surface area contributed by atoms with Crippen LogP contribution in [0.3, 0.4) is 0 Å². The number of carbonyl (C=O) groups excluding carboxylic acids is 1. The minimum Gasteiger partial charge on any atom is -0.350 e. The molecule has 0 aliphatic carbocycles. The maximum absolute atomic E-state index is 13.5. The van der Waals surface area contributed by atoms with E-state index < -0.39 is 16.4 Å². The van der Waals surface area contributed by atoms with Gasteiger partial charge in [0.05, 0.1) is 22.2 Å². The van der Waals surface area contributed by atoms with E-state index in [2.05, 4.69) is 10.3 Å². The van der Waals surface area contributed by atoms with Crippen LogP contribution in [0.15, 0.2) is 47.5 Å². The highest BCUT2D eigenvalue weighted by atomic mass is 19.1. The molecule has 9 heteroatoms. The number of aromatic nitrogens is 2. The second kappa shape index (κ2) is 7.32. The highest BCUT2D eigenvalue weighted by molar-refractivity contribution is 5.80. The fourth-order valence-corrected chi connectivity index (χ4v) is 2.53.